The molecule has 0 aromatic carbocycles. The maximum absolute atomic E-state index is 5.82. The Bertz CT molecular complexity index is 448. The summed E-state index contributed by atoms with van der Waals surface area (Å²) in [6.07, 6.45) is 5.56. The fraction of sp³-hybridized carbons (Fsp3) is 0.667. The van der Waals surface area contributed by atoms with E-state index in [1.165, 1.54) is 17.7 Å². The van der Waals surface area contributed by atoms with Crippen molar-refractivity contribution in [3.8, 4) is 0 Å². The summed E-state index contributed by atoms with van der Waals surface area (Å²) in [5, 5.41) is 3.59. The second kappa shape index (κ2) is 5.19. The van der Waals surface area contributed by atoms with Gasteiger partial charge in [0.25, 0.3) is 0 Å². The molecule has 2 unspecified atom stereocenters. The van der Waals surface area contributed by atoms with E-state index in [1.807, 2.05) is 26.1 Å². The van der Waals surface area contributed by atoms with Gasteiger partial charge < -0.3 is 14.8 Å². The molecular weight excluding hydrogens is 240 g/mol. The van der Waals surface area contributed by atoms with E-state index in [4.69, 9.17) is 9.47 Å². The first-order chi connectivity index (χ1) is 9.14. The minimum absolute atomic E-state index is 0.143. The zero-order valence-corrected chi connectivity index (χ0v) is 11.7. The lowest BCUT2D eigenvalue weighted by Gasteiger charge is -2.26. The Balaban J connectivity index is 1.60. The van der Waals surface area contributed by atoms with Crippen molar-refractivity contribution in [3.05, 3.63) is 29.6 Å². The number of aromatic nitrogens is 1. The van der Waals surface area contributed by atoms with E-state index < -0.39 is 5.79 Å². The van der Waals surface area contributed by atoms with Crippen LogP contribution in [0.25, 0.3) is 0 Å². The lowest BCUT2D eigenvalue weighted by Crippen LogP contribution is -2.34. The maximum atomic E-state index is 5.82. The van der Waals surface area contributed by atoms with Gasteiger partial charge in [0.2, 0.25) is 0 Å². The van der Waals surface area contributed by atoms with Gasteiger partial charge in [-0.15, -0.1) is 0 Å². The normalized spacial score (nSPS) is 29.2. The number of hydrogen-bond donors (Lipinski definition) is 1. The van der Waals surface area contributed by atoms with Crippen molar-refractivity contribution >= 4 is 0 Å². The van der Waals surface area contributed by atoms with Crippen LogP contribution in [0.1, 0.15) is 44.0 Å². The van der Waals surface area contributed by atoms with Crippen molar-refractivity contribution in [1.82, 2.24) is 10.3 Å². The number of aryl methyl sites for hydroxylation is 1. The highest BCUT2D eigenvalue weighted by molar-refractivity contribution is 5.25. The van der Waals surface area contributed by atoms with Gasteiger partial charge in [-0.25, -0.2) is 0 Å². The van der Waals surface area contributed by atoms with Gasteiger partial charge in [-0.05, 0) is 44.7 Å². The number of fused-ring (bicyclic) bond motifs is 1. The fourth-order valence-electron chi connectivity index (χ4n) is 2.95. The highest BCUT2D eigenvalue weighted by Gasteiger charge is 2.33. The van der Waals surface area contributed by atoms with Gasteiger partial charge in [0.1, 0.15) is 0 Å². The average Bonchev–Trinajstić information content (AvgIpc) is 2.76. The number of ether oxygens (including phenoxy) is 2. The Kier molecular flexibility index (Phi) is 3.56. The number of hydrogen-bond acceptors (Lipinski definition) is 4. The molecule has 0 bridgehead atoms. The van der Waals surface area contributed by atoms with Crippen molar-refractivity contribution < 1.29 is 9.47 Å². The van der Waals surface area contributed by atoms with Gasteiger partial charge in [0.15, 0.2) is 5.79 Å². The molecule has 1 aromatic heterocycles. The topological polar surface area (TPSA) is 43.4 Å². The Labute approximate surface area is 114 Å². The molecule has 1 fully saturated rings. The fourth-order valence-corrected chi connectivity index (χ4v) is 2.95. The van der Waals surface area contributed by atoms with E-state index in [0.717, 1.165) is 19.4 Å². The third-order valence-electron chi connectivity index (χ3n) is 3.85. The van der Waals surface area contributed by atoms with E-state index >= 15 is 0 Å². The first-order valence-electron chi connectivity index (χ1n) is 7.13. The maximum Gasteiger partial charge on any atom is 0.163 e. The summed E-state index contributed by atoms with van der Waals surface area (Å²) in [7, 11) is 0. The molecule has 0 radical (unpaired) electrons. The third-order valence-corrected chi connectivity index (χ3v) is 3.85. The molecule has 2 heterocycles. The van der Waals surface area contributed by atoms with Gasteiger partial charge >= 0.3 is 0 Å². The van der Waals surface area contributed by atoms with Crippen molar-refractivity contribution in [1.29, 1.82) is 0 Å². The van der Waals surface area contributed by atoms with Gasteiger partial charge in [-0.1, -0.05) is 6.07 Å². The summed E-state index contributed by atoms with van der Waals surface area (Å²) in [6.45, 7) is 5.42. The Morgan fingerprint density at radius 2 is 2.37 bits per heavy atom. The van der Waals surface area contributed by atoms with Crippen LogP contribution in [-0.2, 0) is 15.9 Å². The minimum Gasteiger partial charge on any atom is -0.348 e. The van der Waals surface area contributed by atoms with Gasteiger partial charge in [0, 0.05) is 18.8 Å². The molecule has 0 spiro atoms. The summed E-state index contributed by atoms with van der Waals surface area (Å²) >= 11 is 0. The summed E-state index contributed by atoms with van der Waals surface area (Å²) < 4.78 is 11.4. The van der Waals surface area contributed by atoms with Crippen molar-refractivity contribution in [2.24, 2.45) is 0 Å². The van der Waals surface area contributed by atoms with Crippen molar-refractivity contribution in [3.63, 3.8) is 0 Å². The third kappa shape index (κ3) is 2.96. The number of nitrogens with zero attached hydrogens (tertiary/aromatic N) is 1. The number of nitrogens with one attached hydrogen (secondary N) is 1. The van der Waals surface area contributed by atoms with Crippen LogP contribution in [0, 0.1) is 0 Å². The van der Waals surface area contributed by atoms with Gasteiger partial charge in [-0.3, -0.25) is 4.98 Å². The second-order valence-electron chi connectivity index (χ2n) is 5.85. The molecule has 1 aromatic rings. The van der Waals surface area contributed by atoms with Gasteiger partial charge in [-0.2, -0.15) is 0 Å². The molecule has 2 atom stereocenters. The minimum atomic E-state index is -0.435. The van der Waals surface area contributed by atoms with Crippen LogP contribution >= 0.6 is 0 Å². The molecule has 4 heteroatoms. The highest BCUT2D eigenvalue weighted by atomic mass is 16.7. The van der Waals surface area contributed by atoms with Crippen LogP contribution in [0.3, 0.4) is 0 Å². The molecule has 1 aliphatic heterocycles. The summed E-state index contributed by atoms with van der Waals surface area (Å²) in [6, 6.07) is 4.57. The van der Waals surface area contributed by atoms with Crippen LogP contribution in [-0.4, -0.2) is 30.0 Å². The monoisotopic (exact) mass is 262 g/mol. The lowest BCUT2D eigenvalue weighted by atomic mass is 9.92. The summed E-state index contributed by atoms with van der Waals surface area (Å²) in [5.41, 5.74) is 2.60. The molecule has 4 nitrogen and oxygen atoms in total. The Morgan fingerprint density at radius 1 is 1.47 bits per heavy atom. The SMILES string of the molecule is CC1(C)OCC(CNC2CCCc3cccnc32)O1. The van der Waals surface area contributed by atoms with Crippen LogP contribution in [0.5, 0.6) is 0 Å². The zero-order valence-electron chi connectivity index (χ0n) is 11.7. The van der Waals surface area contributed by atoms with Crippen LogP contribution in [0.4, 0.5) is 0 Å². The average molecular weight is 262 g/mol. The molecule has 1 saturated heterocycles. The molecule has 19 heavy (non-hydrogen) atoms. The largest absolute Gasteiger partial charge is 0.348 e. The van der Waals surface area contributed by atoms with Crippen LogP contribution < -0.4 is 5.32 Å². The molecule has 3 rings (SSSR count). The lowest BCUT2D eigenvalue weighted by molar-refractivity contribution is -0.137. The molecule has 1 aliphatic carbocycles. The molecule has 0 saturated carbocycles. The standard InChI is InChI=1S/C15H22N2O2/c1-15(2)18-10-12(19-15)9-17-13-7-3-5-11-6-4-8-16-14(11)13/h4,6,8,12-13,17H,3,5,7,9-10H2,1-2H3. The molecular formula is C15H22N2O2. The second-order valence-corrected chi connectivity index (χ2v) is 5.85. The smallest absolute Gasteiger partial charge is 0.163 e. The van der Waals surface area contributed by atoms with Gasteiger partial charge in [0.05, 0.1) is 18.4 Å². The van der Waals surface area contributed by atoms with E-state index in [1.54, 1.807) is 0 Å². The first kappa shape index (κ1) is 13.0. The van der Waals surface area contributed by atoms with Crippen LogP contribution in [0.15, 0.2) is 18.3 Å². The zero-order chi connectivity index (χ0) is 13.3. The Morgan fingerprint density at radius 3 is 3.16 bits per heavy atom. The molecule has 1 N–H and O–H groups in total. The van der Waals surface area contributed by atoms with E-state index in [2.05, 4.69) is 16.4 Å². The summed E-state index contributed by atoms with van der Waals surface area (Å²) in [5.74, 6) is -0.435. The van der Waals surface area contributed by atoms with E-state index in [-0.39, 0.29) is 6.10 Å². The quantitative estimate of drug-likeness (QED) is 0.907. The highest BCUT2D eigenvalue weighted by Crippen LogP contribution is 2.28. The number of rotatable bonds is 3. The first-order valence-corrected chi connectivity index (χ1v) is 7.13. The molecule has 104 valence electrons. The molecule has 0 amide bonds. The predicted molar refractivity (Wildman–Crippen MR) is 72.8 cm³/mol. The summed E-state index contributed by atoms with van der Waals surface area (Å²) in [4.78, 5) is 4.54. The predicted octanol–water partition coefficient (Wildman–Crippen LogP) is 2.20. The Hall–Kier alpha value is -0.970. The van der Waals surface area contributed by atoms with Crippen LogP contribution in [0.2, 0.25) is 0 Å². The van der Waals surface area contributed by atoms with Crippen molar-refractivity contribution in [2.75, 3.05) is 13.2 Å². The van der Waals surface area contributed by atoms with Crippen molar-refractivity contribution in [2.45, 2.75) is 51.0 Å². The van der Waals surface area contributed by atoms with E-state index in [9.17, 15) is 0 Å². The van der Waals surface area contributed by atoms with E-state index in [0.29, 0.717) is 12.6 Å². The number of pyridine rings is 1. The molecule has 2 aliphatic rings.